The molecular formula is C105H108N8O29. The van der Waals surface area contributed by atoms with Crippen molar-refractivity contribution in [2.45, 2.75) is 188 Å². The van der Waals surface area contributed by atoms with Gasteiger partial charge in [0.15, 0.2) is 49.2 Å². The third-order valence-electron chi connectivity index (χ3n) is 22.7. The molecule has 2 saturated heterocycles. The van der Waals surface area contributed by atoms with Gasteiger partial charge in [0.1, 0.15) is 84.1 Å². The molecular weight excluding hydrogens is 1840 g/mol. The minimum absolute atomic E-state index is 0.0172. The number of esters is 7. The Labute approximate surface area is 815 Å². The van der Waals surface area contributed by atoms with Crippen LogP contribution in [0.15, 0.2) is 279 Å². The van der Waals surface area contributed by atoms with Gasteiger partial charge in [0.05, 0.1) is 28.3 Å². The quantitative estimate of drug-likeness (QED) is 0.0137. The number of benzene rings is 10. The molecule has 0 bridgehead atoms. The molecule has 14 N–H and O–H groups in total. The molecule has 0 spiro atoms. The number of phenolic OH excluding ortho intramolecular Hbond substituents is 4. The van der Waals surface area contributed by atoms with Crippen molar-refractivity contribution in [3.05, 3.63) is 335 Å². The van der Waals surface area contributed by atoms with Crippen molar-refractivity contribution in [3.8, 4) is 23.0 Å². The number of aliphatic hydroxyl groups excluding tert-OH is 1. The molecule has 37 heteroatoms. The van der Waals surface area contributed by atoms with E-state index in [0.717, 1.165) is 7.11 Å². The number of aromatic hydroxyl groups is 4. The first-order valence-electron chi connectivity index (χ1n) is 45.4. The van der Waals surface area contributed by atoms with E-state index in [4.69, 9.17) is 53.1 Å². The summed E-state index contributed by atoms with van der Waals surface area (Å²) >= 11 is 0. The summed E-state index contributed by atoms with van der Waals surface area (Å²) in [6.45, 7) is 4.28. The van der Waals surface area contributed by atoms with E-state index in [9.17, 15) is 59.1 Å². The second-order valence-electron chi connectivity index (χ2n) is 34.4. The van der Waals surface area contributed by atoms with Crippen LogP contribution in [0.25, 0.3) is 0 Å². The Morgan fingerprint density at radius 3 is 0.979 bits per heavy atom. The highest BCUT2D eigenvalue weighted by molar-refractivity contribution is 5.99. The normalized spacial score (nSPS) is 18.8. The highest BCUT2D eigenvalue weighted by atomic mass is 16.7. The zero-order chi connectivity index (χ0) is 102. The third-order valence-corrected chi connectivity index (χ3v) is 22.7. The Kier molecular flexibility index (Phi) is 37.1. The van der Waals surface area contributed by atoms with Gasteiger partial charge in [-0.2, -0.15) is 0 Å². The number of aliphatic hydroxyl groups is 1. The minimum atomic E-state index is -2.60. The van der Waals surface area contributed by atoms with Gasteiger partial charge >= 0.3 is 41.8 Å². The number of amides is 7. The van der Waals surface area contributed by atoms with Gasteiger partial charge < -0.3 is 116 Å². The van der Waals surface area contributed by atoms with Crippen molar-refractivity contribution < 1.29 is 140 Å². The van der Waals surface area contributed by atoms with E-state index >= 15 is 33.6 Å². The molecule has 0 aromatic heterocycles. The average molecular weight is 1950 g/mol. The van der Waals surface area contributed by atoms with E-state index in [-0.39, 0.29) is 81.6 Å². The van der Waals surface area contributed by atoms with E-state index in [2.05, 4.69) is 37.2 Å². The van der Waals surface area contributed by atoms with E-state index in [0.29, 0.717) is 16.7 Å². The summed E-state index contributed by atoms with van der Waals surface area (Å²) in [5, 5.41) is 72.7. The van der Waals surface area contributed by atoms with Gasteiger partial charge in [-0.15, -0.1) is 0 Å². The summed E-state index contributed by atoms with van der Waals surface area (Å²) in [5.41, 5.74) is 7.39. The Balaban J connectivity index is 0.888. The number of phenols is 4. The molecule has 0 radical (unpaired) electrons. The fraction of sp³-hybridized carbons (Fsp3) is 0.295. The fourth-order valence-electron chi connectivity index (χ4n) is 15.3. The number of ether oxygens (including phenoxy) is 10. The summed E-state index contributed by atoms with van der Waals surface area (Å²) in [7, 11) is 1.16. The minimum Gasteiger partial charge on any atom is -0.508 e. The lowest BCUT2D eigenvalue weighted by Crippen LogP contribution is -2.70. The molecule has 37 nitrogen and oxygen atoms in total. The number of nitrogens with two attached hydrogens (primary N) is 1. The number of hydrogen-bond acceptors (Lipinski definition) is 30. The van der Waals surface area contributed by atoms with Gasteiger partial charge in [-0.1, -0.05) is 182 Å². The molecule has 742 valence electrons. The van der Waals surface area contributed by atoms with Crippen LogP contribution in [0.2, 0.25) is 0 Å². The maximum absolute atomic E-state index is 16.0. The standard InChI is InChI=1S/C105H108N8O29/c1-105(2,3)142-102(131)80(58-64-41-49-74(117)50-42-64)112-92(121)76(52-54-82(119)135-60-66-25-13-6-14-26-66)108-93(122)77(55-61-35-43-71(114)44-36-61)110-96(125)89-88(139-101(130)70-33-21-10-22-34-70)86(137-99(128)68-29-17-8-18-30-68)84(103(132)140-89)113-95(124)79(57-63-39-47-73(116)48-40-63)109-91(120)75(51-53-81(118)134-59-65-23-11-5-12-24-65)107-94(123)78(56-62-37-45-72(115)46-38-62)111-97(126)90-87(138-100(129)69-31-19-9-20-32-69)85(83(106)104(133-4)141-90)136-98(127)67-27-15-7-16-28-67/h5-50,75-80,83-90,103-104,114-117,132H,51-60,106H2,1-4H3,(H,107,123)(H,108,122)(H,109,120)(H,110,125)(H,111,126)(H,112,121)(H,113,124)/t75-,76-,77-,78-,79-,80-,83+,84+,85+,86+,87-,88-,89-,90-,103+,104+/m0/s1. The van der Waals surface area contributed by atoms with E-state index < -0.39 is 231 Å². The lowest BCUT2D eigenvalue weighted by atomic mass is 9.93. The number of nitrogens with one attached hydrogen (secondary N) is 7. The first-order chi connectivity index (χ1) is 68.2. The van der Waals surface area contributed by atoms with Crippen molar-refractivity contribution in [2.75, 3.05) is 7.11 Å². The molecule has 10 aromatic rings. The number of rotatable bonds is 42. The molecule has 0 saturated carbocycles. The summed E-state index contributed by atoms with van der Waals surface area (Å²) in [6.07, 6.45) is -21.4. The highest BCUT2D eigenvalue weighted by Crippen LogP contribution is 2.32. The van der Waals surface area contributed by atoms with E-state index in [1.807, 2.05) is 0 Å². The highest BCUT2D eigenvalue weighted by Gasteiger charge is 2.56. The van der Waals surface area contributed by atoms with Gasteiger partial charge in [0.2, 0.25) is 29.5 Å². The predicted molar refractivity (Wildman–Crippen MR) is 505 cm³/mol. The Bertz CT molecular complexity index is 5980. The van der Waals surface area contributed by atoms with Crippen LogP contribution in [0.1, 0.15) is 121 Å². The SMILES string of the molecule is CO[C@@H]1O[C@H](C(=O)N[C@@H](Cc2ccc(O)cc2)C(=O)N[C@@H](CCC(=O)OCc2ccccc2)C(=O)N[C@@H](Cc2ccc(O)cc2)C(=O)N[C@@H]2[C@@H](OC(=O)c3ccccc3)[C@H](OC(=O)c3ccccc3)[C@@H](C(=O)N[C@@H](Cc3ccc(O)cc3)C(=O)N[C@@H](CCC(=O)OCc3ccccc3)C(=O)N[C@@H](Cc3ccc(O)cc3)C(=O)OC(C)(C)C)O[C@H]2O)[C@@H](OC(=O)c2ccccc2)[C@H](OC(=O)c2ccccc2)[C@H]1N. The molecule has 16 atom stereocenters. The van der Waals surface area contributed by atoms with Crippen molar-refractivity contribution in [1.82, 2.24) is 37.2 Å². The van der Waals surface area contributed by atoms with E-state index in [1.54, 1.807) is 118 Å². The first-order valence-corrected chi connectivity index (χ1v) is 45.4. The Morgan fingerprint density at radius 1 is 0.345 bits per heavy atom. The lowest BCUT2D eigenvalue weighted by molar-refractivity contribution is -0.246. The van der Waals surface area contributed by atoms with Crippen LogP contribution in [0.4, 0.5) is 0 Å². The summed E-state index contributed by atoms with van der Waals surface area (Å²) in [5.74, 6) is -16.8. The molecule has 7 amide bonds. The number of methoxy groups -OCH3 is 1. The molecule has 2 heterocycles. The summed E-state index contributed by atoms with van der Waals surface area (Å²) in [6, 6.07) is 52.7. The van der Waals surface area contributed by atoms with Crippen LogP contribution >= 0.6 is 0 Å². The van der Waals surface area contributed by atoms with Crippen LogP contribution in [0.3, 0.4) is 0 Å². The molecule has 12 rings (SSSR count). The first kappa shape index (κ1) is 105. The number of hydrogen-bond donors (Lipinski definition) is 13. The number of carbonyl (C=O) groups excluding carboxylic acids is 14. The van der Waals surface area contributed by atoms with Gasteiger partial charge in [0, 0.05) is 45.6 Å². The van der Waals surface area contributed by atoms with Crippen LogP contribution in [0.5, 0.6) is 23.0 Å². The van der Waals surface area contributed by atoms with E-state index in [1.165, 1.54) is 182 Å². The molecule has 2 aliphatic rings. The van der Waals surface area contributed by atoms with Gasteiger partial charge in [-0.25, -0.2) is 24.0 Å². The molecule has 0 unspecified atom stereocenters. The lowest BCUT2D eigenvalue weighted by Gasteiger charge is -2.44. The smallest absolute Gasteiger partial charge is 0.338 e. The molecule has 2 aliphatic heterocycles. The summed E-state index contributed by atoms with van der Waals surface area (Å²) in [4.78, 5) is 209. The monoisotopic (exact) mass is 1940 g/mol. The van der Waals surface area contributed by atoms with Crippen molar-refractivity contribution in [2.24, 2.45) is 5.73 Å². The zero-order valence-electron chi connectivity index (χ0n) is 77.5. The fourth-order valence-corrected chi connectivity index (χ4v) is 15.3. The van der Waals surface area contributed by atoms with Crippen molar-refractivity contribution in [1.29, 1.82) is 0 Å². The Hall–Kier alpha value is -16.2. The Morgan fingerprint density at radius 2 is 0.634 bits per heavy atom. The van der Waals surface area contributed by atoms with Crippen LogP contribution < -0.4 is 43.0 Å². The van der Waals surface area contributed by atoms with Gasteiger partial charge in [0.25, 0.3) is 11.8 Å². The topological polar surface area (TPSA) is 543 Å². The largest absolute Gasteiger partial charge is 0.508 e. The zero-order valence-corrected chi connectivity index (χ0v) is 77.5. The van der Waals surface area contributed by atoms with Crippen LogP contribution in [0, 0.1) is 0 Å². The molecule has 0 aliphatic carbocycles. The average Bonchev–Trinajstić information content (AvgIpc) is 0.772. The van der Waals surface area contributed by atoms with Crippen LogP contribution in [-0.2, 0) is 134 Å². The number of carbonyl (C=O) groups is 14. The molecule has 142 heavy (non-hydrogen) atoms. The van der Waals surface area contributed by atoms with Gasteiger partial charge in [-0.3, -0.25) is 43.2 Å². The predicted octanol–water partition coefficient (Wildman–Crippen LogP) is 6.88. The van der Waals surface area contributed by atoms with Crippen molar-refractivity contribution in [3.63, 3.8) is 0 Å². The van der Waals surface area contributed by atoms with Crippen molar-refractivity contribution >= 4 is 83.1 Å². The molecule has 2 fully saturated rings. The second kappa shape index (κ2) is 50.4. The maximum atomic E-state index is 16.0. The summed E-state index contributed by atoms with van der Waals surface area (Å²) < 4.78 is 59.3. The molecule has 10 aromatic carbocycles. The maximum Gasteiger partial charge on any atom is 0.338 e. The van der Waals surface area contributed by atoms with Gasteiger partial charge in [-0.05, 0) is 164 Å². The van der Waals surface area contributed by atoms with Crippen LogP contribution in [-0.4, -0.2) is 219 Å². The second-order valence-corrected chi connectivity index (χ2v) is 34.4. The third kappa shape index (κ3) is 30.6.